The molecular formula is C10H20N2O. The maximum Gasteiger partial charge on any atom is 0.227 e. The normalized spacial score (nSPS) is 21.8. The molecule has 3 nitrogen and oxygen atoms in total. The summed E-state index contributed by atoms with van der Waals surface area (Å²) in [6.45, 7) is 4.59. The highest BCUT2D eigenvalue weighted by molar-refractivity contribution is 5.84. The van der Waals surface area contributed by atoms with Crippen molar-refractivity contribution in [3.05, 3.63) is 0 Å². The van der Waals surface area contributed by atoms with Crippen LogP contribution in [0, 0.1) is 5.41 Å². The van der Waals surface area contributed by atoms with Gasteiger partial charge in [0.15, 0.2) is 0 Å². The Morgan fingerprint density at radius 2 is 2.23 bits per heavy atom. The molecule has 1 saturated carbocycles. The first-order valence-corrected chi connectivity index (χ1v) is 5.15. The highest BCUT2D eigenvalue weighted by Gasteiger charge is 2.42. The van der Waals surface area contributed by atoms with E-state index in [0.717, 1.165) is 25.7 Å². The number of hydrogen-bond donors (Lipinski definition) is 2. The van der Waals surface area contributed by atoms with Gasteiger partial charge in [0, 0.05) is 12.6 Å². The van der Waals surface area contributed by atoms with Crippen molar-refractivity contribution in [1.29, 1.82) is 0 Å². The molecule has 0 bridgehead atoms. The second-order valence-electron chi connectivity index (χ2n) is 4.12. The maximum absolute atomic E-state index is 11.8. The molecule has 13 heavy (non-hydrogen) atoms. The second-order valence-corrected chi connectivity index (χ2v) is 4.12. The summed E-state index contributed by atoms with van der Waals surface area (Å²) in [5, 5.41) is 3.00. The van der Waals surface area contributed by atoms with Gasteiger partial charge in [0.25, 0.3) is 0 Å². The predicted molar refractivity (Wildman–Crippen MR) is 53.2 cm³/mol. The summed E-state index contributed by atoms with van der Waals surface area (Å²) in [6.07, 6.45) is 4.05. The minimum absolute atomic E-state index is 0.163. The fraction of sp³-hybridized carbons (Fsp3) is 0.900. The molecule has 1 aliphatic rings. The average molecular weight is 184 g/mol. The molecule has 0 aromatic carbocycles. The largest absolute Gasteiger partial charge is 0.353 e. The van der Waals surface area contributed by atoms with Crippen LogP contribution in [-0.4, -0.2) is 18.5 Å². The minimum atomic E-state index is -0.219. The van der Waals surface area contributed by atoms with Gasteiger partial charge in [-0.1, -0.05) is 13.3 Å². The van der Waals surface area contributed by atoms with Crippen LogP contribution in [0.1, 0.15) is 39.5 Å². The molecule has 0 radical (unpaired) electrons. The van der Waals surface area contributed by atoms with Gasteiger partial charge < -0.3 is 11.1 Å². The first-order chi connectivity index (χ1) is 6.14. The van der Waals surface area contributed by atoms with Gasteiger partial charge in [-0.3, -0.25) is 4.79 Å². The van der Waals surface area contributed by atoms with Crippen molar-refractivity contribution < 1.29 is 4.79 Å². The van der Waals surface area contributed by atoms with E-state index in [1.807, 2.05) is 6.92 Å². The van der Waals surface area contributed by atoms with E-state index < -0.39 is 0 Å². The van der Waals surface area contributed by atoms with Crippen molar-refractivity contribution in [3.63, 3.8) is 0 Å². The number of nitrogens with two attached hydrogens (primary N) is 1. The molecule has 1 atom stereocenters. The summed E-state index contributed by atoms with van der Waals surface area (Å²) in [6, 6.07) is 0.275. The lowest BCUT2D eigenvalue weighted by atomic mass is 9.68. The van der Waals surface area contributed by atoms with Crippen LogP contribution in [0.5, 0.6) is 0 Å². The van der Waals surface area contributed by atoms with Crippen molar-refractivity contribution in [2.24, 2.45) is 11.1 Å². The van der Waals surface area contributed by atoms with E-state index in [1.165, 1.54) is 0 Å². The summed E-state index contributed by atoms with van der Waals surface area (Å²) in [4.78, 5) is 11.8. The van der Waals surface area contributed by atoms with Gasteiger partial charge in [-0.15, -0.1) is 0 Å². The summed E-state index contributed by atoms with van der Waals surface area (Å²) >= 11 is 0. The maximum atomic E-state index is 11.8. The van der Waals surface area contributed by atoms with E-state index in [4.69, 9.17) is 5.73 Å². The molecule has 3 heteroatoms. The van der Waals surface area contributed by atoms with Gasteiger partial charge in [-0.25, -0.2) is 0 Å². The van der Waals surface area contributed by atoms with Crippen molar-refractivity contribution in [1.82, 2.24) is 5.32 Å². The van der Waals surface area contributed by atoms with Crippen LogP contribution in [0.2, 0.25) is 0 Å². The quantitative estimate of drug-likeness (QED) is 0.685. The fourth-order valence-corrected chi connectivity index (χ4v) is 1.61. The van der Waals surface area contributed by atoms with Crippen molar-refractivity contribution in [2.45, 2.75) is 45.6 Å². The van der Waals surface area contributed by atoms with Gasteiger partial charge in [0.05, 0.1) is 5.41 Å². The molecule has 1 aliphatic carbocycles. The summed E-state index contributed by atoms with van der Waals surface area (Å²) in [7, 11) is 0. The van der Waals surface area contributed by atoms with Crippen LogP contribution >= 0.6 is 0 Å². The Morgan fingerprint density at radius 3 is 2.54 bits per heavy atom. The SMILES string of the molecule is CCC(C)NC(=O)C1(CN)CCC1. The molecule has 1 unspecified atom stereocenters. The van der Waals surface area contributed by atoms with Crippen LogP contribution < -0.4 is 11.1 Å². The van der Waals surface area contributed by atoms with Gasteiger partial charge in [-0.05, 0) is 26.2 Å². The Hall–Kier alpha value is -0.570. The van der Waals surface area contributed by atoms with Crippen molar-refractivity contribution in [2.75, 3.05) is 6.54 Å². The van der Waals surface area contributed by atoms with E-state index in [0.29, 0.717) is 6.54 Å². The summed E-state index contributed by atoms with van der Waals surface area (Å²) < 4.78 is 0. The number of nitrogens with one attached hydrogen (secondary N) is 1. The molecule has 0 saturated heterocycles. The molecule has 1 amide bonds. The molecule has 0 aliphatic heterocycles. The summed E-state index contributed by atoms with van der Waals surface area (Å²) in [5.41, 5.74) is 5.41. The number of carbonyl (C=O) groups is 1. The zero-order valence-corrected chi connectivity index (χ0v) is 8.60. The third-order valence-corrected chi connectivity index (χ3v) is 3.17. The highest BCUT2D eigenvalue weighted by atomic mass is 16.2. The lowest BCUT2D eigenvalue weighted by Crippen LogP contribution is -2.52. The minimum Gasteiger partial charge on any atom is -0.353 e. The molecule has 1 fully saturated rings. The predicted octanol–water partition coefficient (Wildman–Crippen LogP) is 1.03. The standard InChI is InChI=1S/C10H20N2O/c1-3-8(2)12-9(13)10(7-11)5-4-6-10/h8H,3-7,11H2,1-2H3,(H,12,13). The average Bonchev–Trinajstić information content (AvgIpc) is 2.03. The topological polar surface area (TPSA) is 55.1 Å². The monoisotopic (exact) mass is 184 g/mol. The highest BCUT2D eigenvalue weighted by Crippen LogP contribution is 2.40. The molecule has 0 aromatic heterocycles. The first-order valence-electron chi connectivity index (χ1n) is 5.15. The van der Waals surface area contributed by atoms with Crippen LogP contribution in [0.3, 0.4) is 0 Å². The van der Waals surface area contributed by atoms with E-state index in [9.17, 15) is 4.79 Å². The zero-order chi connectivity index (χ0) is 9.90. The van der Waals surface area contributed by atoms with Crippen LogP contribution in [0.15, 0.2) is 0 Å². The zero-order valence-electron chi connectivity index (χ0n) is 8.60. The summed E-state index contributed by atoms with van der Waals surface area (Å²) in [5.74, 6) is 0.163. The lowest BCUT2D eigenvalue weighted by molar-refractivity contribution is -0.135. The number of carbonyl (C=O) groups excluding carboxylic acids is 1. The molecule has 0 heterocycles. The molecule has 1 rings (SSSR count). The Kier molecular flexibility index (Phi) is 3.31. The van der Waals surface area contributed by atoms with Crippen LogP contribution in [0.25, 0.3) is 0 Å². The number of amides is 1. The lowest BCUT2D eigenvalue weighted by Gasteiger charge is -2.39. The Balaban J connectivity index is 2.46. The smallest absolute Gasteiger partial charge is 0.227 e. The second kappa shape index (κ2) is 4.09. The Bertz CT molecular complexity index is 182. The van der Waals surface area contributed by atoms with E-state index in [1.54, 1.807) is 0 Å². The molecule has 3 N–H and O–H groups in total. The Morgan fingerprint density at radius 1 is 1.62 bits per heavy atom. The van der Waals surface area contributed by atoms with Gasteiger partial charge in [0.1, 0.15) is 0 Å². The fourth-order valence-electron chi connectivity index (χ4n) is 1.61. The van der Waals surface area contributed by atoms with Crippen molar-refractivity contribution >= 4 is 5.91 Å². The van der Waals surface area contributed by atoms with Crippen LogP contribution in [0.4, 0.5) is 0 Å². The first kappa shape index (κ1) is 10.5. The third-order valence-electron chi connectivity index (χ3n) is 3.17. The van der Waals surface area contributed by atoms with Gasteiger partial charge >= 0.3 is 0 Å². The van der Waals surface area contributed by atoms with Gasteiger partial charge in [-0.2, -0.15) is 0 Å². The molecule has 0 aromatic rings. The van der Waals surface area contributed by atoms with Crippen molar-refractivity contribution in [3.8, 4) is 0 Å². The van der Waals surface area contributed by atoms with E-state index in [-0.39, 0.29) is 17.4 Å². The number of rotatable bonds is 4. The van der Waals surface area contributed by atoms with Gasteiger partial charge in [0.2, 0.25) is 5.91 Å². The molecule has 0 spiro atoms. The third kappa shape index (κ3) is 2.02. The van der Waals surface area contributed by atoms with E-state index >= 15 is 0 Å². The van der Waals surface area contributed by atoms with Crippen LogP contribution in [-0.2, 0) is 4.79 Å². The number of hydrogen-bond acceptors (Lipinski definition) is 2. The van der Waals surface area contributed by atoms with E-state index in [2.05, 4.69) is 12.2 Å². The molecular weight excluding hydrogens is 164 g/mol. The molecule has 76 valence electrons. The Labute approximate surface area is 80.1 Å².